The van der Waals surface area contributed by atoms with Gasteiger partial charge in [0.15, 0.2) is 0 Å². The van der Waals surface area contributed by atoms with Crippen LogP contribution in [0.25, 0.3) is 0 Å². The van der Waals surface area contributed by atoms with E-state index in [1.807, 2.05) is 0 Å². The minimum atomic E-state index is -1.57. The van der Waals surface area contributed by atoms with Gasteiger partial charge in [0, 0.05) is 0 Å². The lowest BCUT2D eigenvalue weighted by Gasteiger charge is -1.92. The van der Waals surface area contributed by atoms with Crippen molar-refractivity contribution in [3.05, 3.63) is 29.7 Å². The van der Waals surface area contributed by atoms with Crippen molar-refractivity contribution in [1.82, 2.24) is 0 Å². The minimum absolute atomic E-state index is 0.698. The number of hydrogen-bond acceptors (Lipinski definition) is 2. The number of benzene rings is 1. The van der Waals surface area contributed by atoms with Crippen molar-refractivity contribution in [1.29, 1.82) is 0 Å². The molecule has 0 bridgehead atoms. The second kappa shape index (κ2) is 2.39. The highest BCUT2D eigenvalue weighted by Crippen LogP contribution is 2.09. The Hall–Kier alpha value is -1.51. The molecule has 3 nitrogen and oxygen atoms in total. The van der Waals surface area contributed by atoms with Crippen LogP contribution in [0.1, 0.15) is 15.8 Å². The highest BCUT2D eigenvalue weighted by molar-refractivity contribution is 5.87. The number of carbonyl (C=O) groups is 1. The van der Waals surface area contributed by atoms with E-state index in [1.165, 1.54) is 0 Å². The SMILES string of the molecule is [2H]c1c([2H])c(O)c([2H])c(C(=O)O)c1[2H]. The van der Waals surface area contributed by atoms with Crippen molar-refractivity contribution >= 4 is 5.97 Å². The molecule has 0 radical (unpaired) electrons. The molecular formula is C7H6O3. The van der Waals surface area contributed by atoms with Crippen LogP contribution in [0.2, 0.25) is 0 Å². The Morgan fingerprint density at radius 2 is 2.30 bits per heavy atom. The van der Waals surface area contributed by atoms with Crippen molar-refractivity contribution in [3.8, 4) is 5.75 Å². The molecule has 0 heterocycles. The lowest BCUT2D eigenvalue weighted by atomic mass is 10.2. The Bertz CT molecular complexity index is 387. The van der Waals surface area contributed by atoms with Gasteiger partial charge >= 0.3 is 5.97 Å². The first-order valence-electron chi connectivity index (χ1n) is 4.40. The van der Waals surface area contributed by atoms with Crippen molar-refractivity contribution in [2.24, 2.45) is 0 Å². The number of hydrogen-bond donors (Lipinski definition) is 2. The van der Waals surface area contributed by atoms with Crippen LogP contribution in [-0.4, -0.2) is 16.2 Å². The van der Waals surface area contributed by atoms with Gasteiger partial charge in [-0.2, -0.15) is 0 Å². The molecule has 52 valence electrons. The van der Waals surface area contributed by atoms with Crippen LogP contribution in [0.5, 0.6) is 5.75 Å². The Labute approximate surface area is 63.2 Å². The molecule has 1 aromatic rings. The van der Waals surface area contributed by atoms with Crippen molar-refractivity contribution < 1.29 is 20.5 Å². The van der Waals surface area contributed by atoms with Crippen LogP contribution in [0.15, 0.2) is 24.2 Å². The lowest BCUT2D eigenvalue weighted by molar-refractivity contribution is 0.0696. The third-order valence-corrected chi connectivity index (χ3v) is 0.826. The van der Waals surface area contributed by atoms with Gasteiger partial charge in [0.25, 0.3) is 0 Å². The number of aromatic carboxylic acids is 1. The van der Waals surface area contributed by atoms with Gasteiger partial charge in [-0.15, -0.1) is 0 Å². The van der Waals surface area contributed by atoms with Gasteiger partial charge in [0.2, 0.25) is 0 Å². The molecule has 0 aromatic heterocycles. The molecule has 0 aliphatic heterocycles. The van der Waals surface area contributed by atoms with Crippen LogP contribution in [0.4, 0.5) is 0 Å². The van der Waals surface area contributed by atoms with Crippen molar-refractivity contribution in [3.63, 3.8) is 0 Å². The molecule has 0 aliphatic rings. The summed E-state index contributed by atoms with van der Waals surface area (Å²) in [6.45, 7) is 0. The van der Waals surface area contributed by atoms with E-state index in [4.69, 9.17) is 15.7 Å². The Kier molecular flexibility index (Phi) is 0.730. The maximum atomic E-state index is 10.6. The molecule has 0 saturated carbocycles. The second-order valence-electron chi connectivity index (χ2n) is 1.53. The minimum Gasteiger partial charge on any atom is -0.508 e. The summed E-state index contributed by atoms with van der Waals surface area (Å²) >= 11 is 0. The van der Waals surface area contributed by atoms with E-state index in [-0.39, 0.29) is 0 Å². The highest BCUT2D eigenvalue weighted by Gasteiger charge is 2.00. The molecule has 0 fully saturated rings. The summed E-state index contributed by atoms with van der Waals surface area (Å²) in [4.78, 5) is 10.6. The summed E-state index contributed by atoms with van der Waals surface area (Å²) in [5.41, 5.74) is -0.761. The molecule has 0 spiro atoms. The monoisotopic (exact) mass is 142 g/mol. The van der Waals surface area contributed by atoms with Gasteiger partial charge in [-0.05, 0) is 18.1 Å². The molecule has 0 atom stereocenters. The third kappa shape index (κ3) is 1.25. The fourth-order valence-corrected chi connectivity index (χ4v) is 0.441. The first kappa shape index (κ1) is 3.05. The van der Waals surface area contributed by atoms with Crippen LogP contribution in [0, 0.1) is 0 Å². The summed E-state index contributed by atoms with van der Waals surface area (Å²) in [5.74, 6) is -2.45. The fraction of sp³-hybridized carbons (Fsp3) is 0. The largest absolute Gasteiger partial charge is 0.508 e. The molecule has 10 heavy (non-hydrogen) atoms. The normalized spacial score (nSPS) is 14.8. The average molecular weight is 142 g/mol. The molecule has 2 N–H and O–H groups in total. The standard InChI is InChI=1S/C7H6O3/c8-6-3-1-2-5(4-6)7(9)10/h1-4,8H,(H,9,10)/i1D,2D,3D,4D. The number of phenols is 1. The Morgan fingerprint density at radius 3 is 2.90 bits per heavy atom. The van der Waals surface area contributed by atoms with Crippen LogP contribution >= 0.6 is 0 Å². The molecule has 1 rings (SSSR count). The Morgan fingerprint density at radius 1 is 1.60 bits per heavy atom. The quantitative estimate of drug-likeness (QED) is 0.617. The van der Waals surface area contributed by atoms with Crippen LogP contribution < -0.4 is 0 Å². The van der Waals surface area contributed by atoms with E-state index in [9.17, 15) is 4.79 Å². The average Bonchev–Trinajstić information content (AvgIpc) is 2.11. The van der Waals surface area contributed by atoms with E-state index in [1.54, 1.807) is 0 Å². The maximum Gasteiger partial charge on any atom is 0.335 e. The van der Waals surface area contributed by atoms with Crippen molar-refractivity contribution in [2.75, 3.05) is 0 Å². The number of carboxylic acid groups (broad SMARTS) is 1. The number of aromatic hydroxyl groups is 1. The summed E-state index contributed by atoms with van der Waals surface area (Å²) in [7, 11) is 0. The zero-order valence-electron chi connectivity index (χ0n) is 8.80. The first-order valence-corrected chi connectivity index (χ1v) is 2.40. The molecule has 0 aliphatic carbocycles. The zero-order valence-corrected chi connectivity index (χ0v) is 4.80. The van der Waals surface area contributed by atoms with Gasteiger partial charge in [-0.3, -0.25) is 0 Å². The number of phenolic OH excluding ortho intramolecular Hbond substituents is 1. The van der Waals surface area contributed by atoms with E-state index in [0.717, 1.165) is 0 Å². The van der Waals surface area contributed by atoms with Gasteiger partial charge in [0.1, 0.15) is 5.75 Å². The van der Waals surface area contributed by atoms with Gasteiger partial charge in [-0.1, -0.05) is 6.04 Å². The number of carboxylic acids is 1. The highest BCUT2D eigenvalue weighted by atomic mass is 16.4. The molecule has 0 amide bonds. The van der Waals surface area contributed by atoms with Gasteiger partial charge in [0.05, 0.1) is 11.0 Å². The topological polar surface area (TPSA) is 57.5 Å². The predicted octanol–water partition coefficient (Wildman–Crippen LogP) is 1.09. The molecule has 3 heteroatoms. The summed E-state index contributed by atoms with van der Waals surface area (Å²) < 4.78 is 28.6. The van der Waals surface area contributed by atoms with Crippen molar-refractivity contribution in [2.45, 2.75) is 0 Å². The first-order chi connectivity index (χ1) is 6.37. The molecule has 0 unspecified atom stereocenters. The lowest BCUT2D eigenvalue weighted by Crippen LogP contribution is -1.94. The molecular weight excluding hydrogens is 132 g/mol. The van der Waals surface area contributed by atoms with Crippen LogP contribution in [0.3, 0.4) is 0 Å². The van der Waals surface area contributed by atoms with Gasteiger partial charge < -0.3 is 10.2 Å². The molecule has 1 aromatic carbocycles. The van der Waals surface area contributed by atoms with E-state index in [0.29, 0.717) is 0 Å². The zero-order chi connectivity index (χ0) is 11.0. The smallest absolute Gasteiger partial charge is 0.335 e. The second-order valence-corrected chi connectivity index (χ2v) is 1.53. The van der Waals surface area contributed by atoms with E-state index in [2.05, 4.69) is 0 Å². The Balaban J connectivity index is 3.68. The van der Waals surface area contributed by atoms with E-state index >= 15 is 0 Å². The summed E-state index contributed by atoms with van der Waals surface area (Å²) in [6, 6.07) is -2.94. The number of rotatable bonds is 1. The summed E-state index contributed by atoms with van der Waals surface area (Å²) in [6.07, 6.45) is 0. The third-order valence-electron chi connectivity index (χ3n) is 0.826. The van der Waals surface area contributed by atoms with E-state index < -0.39 is 41.5 Å². The fourth-order valence-electron chi connectivity index (χ4n) is 0.441. The maximum absolute atomic E-state index is 10.6. The predicted molar refractivity (Wildman–Crippen MR) is 35.1 cm³/mol. The molecule has 0 saturated heterocycles. The van der Waals surface area contributed by atoms with Crippen LogP contribution in [-0.2, 0) is 0 Å². The summed E-state index contributed by atoms with van der Waals surface area (Å²) in [5, 5.41) is 17.7. The van der Waals surface area contributed by atoms with Gasteiger partial charge in [-0.25, -0.2) is 4.79 Å².